The van der Waals surface area contributed by atoms with E-state index in [9.17, 15) is 4.79 Å². The van der Waals surface area contributed by atoms with Crippen molar-refractivity contribution in [2.24, 2.45) is 5.73 Å². The number of nitrogens with two attached hydrogens (primary N) is 1. The summed E-state index contributed by atoms with van der Waals surface area (Å²) in [5.74, 6) is 0.139. The summed E-state index contributed by atoms with van der Waals surface area (Å²) in [7, 11) is 0. The first-order valence-corrected chi connectivity index (χ1v) is 7.63. The van der Waals surface area contributed by atoms with E-state index in [1.807, 2.05) is 46.8 Å². The molecule has 0 aromatic carbocycles. The molecule has 2 N–H and O–H groups in total. The normalized spacial score (nSPS) is 20.7. The van der Waals surface area contributed by atoms with Gasteiger partial charge < -0.3 is 15.0 Å². The molecule has 2 atom stereocenters. The molecule has 0 radical (unpaired) electrons. The molecule has 0 bridgehead atoms. The fourth-order valence-corrected chi connectivity index (χ4v) is 3.14. The summed E-state index contributed by atoms with van der Waals surface area (Å²) < 4.78 is 1.95. The molecule has 1 amide bonds. The van der Waals surface area contributed by atoms with Crippen molar-refractivity contribution in [1.29, 1.82) is 0 Å². The maximum atomic E-state index is 12.6. The molecule has 5 nitrogen and oxygen atoms in total. The molecule has 0 saturated carbocycles. The van der Waals surface area contributed by atoms with Crippen LogP contribution < -0.4 is 5.73 Å². The second-order valence-corrected chi connectivity index (χ2v) is 5.88. The zero-order chi connectivity index (χ0) is 14.8. The van der Waals surface area contributed by atoms with Gasteiger partial charge in [-0.1, -0.05) is 6.07 Å². The van der Waals surface area contributed by atoms with Crippen molar-refractivity contribution in [3.8, 4) is 0 Å². The number of carbonyl (C=O) groups is 1. The molecule has 0 spiro atoms. The van der Waals surface area contributed by atoms with Crippen LogP contribution in [0.3, 0.4) is 0 Å². The van der Waals surface area contributed by atoms with E-state index >= 15 is 0 Å². The molecule has 3 rings (SSSR count). The maximum absolute atomic E-state index is 12.6. The lowest BCUT2D eigenvalue weighted by Gasteiger charge is -2.38. The highest BCUT2D eigenvalue weighted by atomic mass is 16.2. The predicted molar refractivity (Wildman–Crippen MR) is 81.9 cm³/mol. The molecular formula is C16H22N4O. The van der Waals surface area contributed by atoms with Crippen LogP contribution in [-0.2, 0) is 11.2 Å². The first-order valence-electron chi connectivity index (χ1n) is 7.63. The summed E-state index contributed by atoms with van der Waals surface area (Å²) in [6.45, 7) is 2.81. The molecule has 112 valence electrons. The van der Waals surface area contributed by atoms with Gasteiger partial charge in [-0.3, -0.25) is 4.79 Å². The topological polar surface area (TPSA) is 63.6 Å². The second kappa shape index (κ2) is 5.85. The van der Waals surface area contributed by atoms with Crippen LogP contribution in [0.2, 0.25) is 0 Å². The average molecular weight is 286 g/mol. The van der Waals surface area contributed by atoms with Gasteiger partial charge >= 0.3 is 0 Å². The van der Waals surface area contributed by atoms with Crippen LogP contribution >= 0.6 is 0 Å². The Morgan fingerprint density at radius 1 is 1.48 bits per heavy atom. The number of pyridine rings is 1. The van der Waals surface area contributed by atoms with Gasteiger partial charge in [-0.25, -0.2) is 4.98 Å². The number of hydrogen-bond acceptors (Lipinski definition) is 3. The zero-order valence-electron chi connectivity index (χ0n) is 12.4. The minimum atomic E-state index is 0.0234. The minimum Gasteiger partial charge on any atom is -0.338 e. The van der Waals surface area contributed by atoms with Crippen molar-refractivity contribution in [3.63, 3.8) is 0 Å². The minimum absolute atomic E-state index is 0.0234. The summed E-state index contributed by atoms with van der Waals surface area (Å²) >= 11 is 0. The summed E-state index contributed by atoms with van der Waals surface area (Å²) in [6.07, 6.45) is 7.46. The number of imidazole rings is 1. The monoisotopic (exact) mass is 286 g/mol. The summed E-state index contributed by atoms with van der Waals surface area (Å²) in [5, 5.41) is 0. The predicted octanol–water partition coefficient (Wildman–Crippen LogP) is 1.61. The van der Waals surface area contributed by atoms with Crippen molar-refractivity contribution in [3.05, 3.63) is 36.3 Å². The van der Waals surface area contributed by atoms with Gasteiger partial charge in [0.05, 0.1) is 12.1 Å². The number of fused-ring (bicyclic) bond motifs is 1. The van der Waals surface area contributed by atoms with Crippen molar-refractivity contribution < 1.29 is 4.79 Å². The lowest BCUT2D eigenvalue weighted by Crippen LogP contribution is -2.52. The van der Waals surface area contributed by atoms with E-state index in [1.54, 1.807) is 0 Å². The third-order valence-electron chi connectivity index (χ3n) is 4.22. The molecule has 2 aromatic heterocycles. The van der Waals surface area contributed by atoms with Crippen molar-refractivity contribution in [2.75, 3.05) is 6.54 Å². The van der Waals surface area contributed by atoms with Crippen LogP contribution in [0.1, 0.15) is 31.9 Å². The van der Waals surface area contributed by atoms with Crippen LogP contribution in [0.5, 0.6) is 0 Å². The Balaban J connectivity index is 1.75. The Bertz CT molecular complexity index is 601. The molecule has 5 heteroatoms. The Morgan fingerprint density at radius 3 is 3.10 bits per heavy atom. The zero-order valence-corrected chi connectivity index (χ0v) is 12.4. The number of hydrogen-bond donors (Lipinski definition) is 1. The van der Waals surface area contributed by atoms with Gasteiger partial charge in [0.2, 0.25) is 5.91 Å². The Labute approximate surface area is 124 Å². The van der Waals surface area contributed by atoms with E-state index in [2.05, 4.69) is 4.98 Å². The molecule has 1 aliphatic heterocycles. The summed E-state index contributed by atoms with van der Waals surface area (Å²) in [4.78, 5) is 19.0. The van der Waals surface area contributed by atoms with Crippen LogP contribution in [0, 0.1) is 0 Å². The van der Waals surface area contributed by atoms with E-state index in [0.29, 0.717) is 6.42 Å². The van der Waals surface area contributed by atoms with Crippen LogP contribution in [0.25, 0.3) is 5.65 Å². The number of amides is 1. The van der Waals surface area contributed by atoms with E-state index in [4.69, 9.17) is 5.73 Å². The number of piperidine rings is 1. The van der Waals surface area contributed by atoms with Crippen LogP contribution in [0.4, 0.5) is 0 Å². The SMILES string of the molecule is CC(N)C1CCCCN1C(=O)Cc1cn2ccccc2n1. The Hall–Kier alpha value is -1.88. The standard InChI is InChI=1S/C16H22N4O/c1-12(17)14-6-2-5-9-20(14)16(21)10-13-11-19-8-4-3-7-15(19)18-13/h3-4,7-8,11-12,14H,2,5-6,9-10,17H2,1H3. The van der Waals surface area contributed by atoms with Gasteiger partial charge in [-0.2, -0.15) is 0 Å². The molecule has 2 aromatic rings. The van der Waals surface area contributed by atoms with Crippen molar-refractivity contribution in [1.82, 2.24) is 14.3 Å². The van der Waals surface area contributed by atoms with Gasteiger partial charge in [0.1, 0.15) is 5.65 Å². The lowest BCUT2D eigenvalue weighted by atomic mass is 9.96. The van der Waals surface area contributed by atoms with E-state index in [-0.39, 0.29) is 18.0 Å². The highest BCUT2D eigenvalue weighted by molar-refractivity contribution is 5.79. The number of carbonyl (C=O) groups excluding carboxylic acids is 1. The molecule has 1 aliphatic rings. The molecular weight excluding hydrogens is 264 g/mol. The quantitative estimate of drug-likeness (QED) is 0.932. The first-order chi connectivity index (χ1) is 10.1. The van der Waals surface area contributed by atoms with E-state index in [1.165, 1.54) is 0 Å². The van der Waals surface area contributed by atoms with Crippen molar-refractivity contribution in [2.45, 2.75) is 44.7 Å². The fourth-order valence-electron chi connectivity index (χ4n) is 3.14. The summed E-state index contributed by atoms with van der Waals surface area (Å²) in [5.41, 5.74) is 7.73. The number of aromatic nitrogens is 2. The lowest BCUT2D eigenvalue weighted by molar-refractivity contribution is -0.134. The second-order valence-electron chi connectivity index (χ2n) is 5.88. The molecule has 2 unspecified atom stereocenters. The molecule has 1 fully saturated rings. The van der Waals surface area contributed by atoms with Gasteiger partial charge in [0.25, 0.3) is 0 Å². The Morgan fingerprint density at radius 2 is 2.33 bits per heavy atom. The van der Waals surface area contributed by atoms with Gasteiger partial charge in [-0.15, -0.1) is 0 Å². The smallest absolute Gasteiger partial charge is 0.228 e. The average Bonchev–Trinajstić information content (AvgIpc) is 2.89. The number of likely N-dealkylation sites (tertiary alicyclic amines) is 1. The van der Waals surface area contributed by atoms with Crippen LogP contribution in [0.15, 0.2) is 30.6 Å². The van der Waals surface area contributed by atoms with E-state index < -0.39 is 0 Å². The molecule has 3 heterocycles. The van der Waals surface area contributed by atoms with E-state index in [0.717, 1.165) is 37.1 Å². The third kappa shape index (κ3) is 2.93. The van der Waals surface area contributed by atoms with Gasteiger partial charge in [0, 0.05) is 31.0 Å². The number of nitrogens with zero attached hydrogens (tertiary/aromatic N) is 3. The molecule has 0 aliphatic carbocycles. The van der Waals surface area contributed by atoms with Gasteiger partial charge in [-0.05, 0) is 38.3 Å². The molecule has 21 heavy (non-hydrogen) atoms. The Kier molecular flexibility index (Phi) is 3.92. The third-order valence-corrected chi connectivity index (χ3v) is 4.22. The summed E-state index contributed by atoms with van der Waals surface area (Å²) in [6, 6.07) is 6.04. The van der Waals surface area contributed by atoms with Crippen molar-refractivity contribution >= 4 is 11.6 Å². The first kappa shape index (κ1) is 14.1. The maximum Gasteiger partial charge on any atom is 0.228 e. The molecule has 1 saturated heterocycles. The fraction of sp³-hybridized carbons (Fsp3) is 0.500. The van der Waals surface area contributed by atoms with Gasteiger partial charge in [0.15, 0.2) is 0 Å². The highest BCUT2D eigenvalue weighted by Crippen LogP contribution is 2.20. The van der Waals surface area contributed by atoms with Crippen LogP contribution in [-0.4, -0.2) is 38.8 Å². The highest BCUT2D eigenvalue weighted by Gasteiger charge is 2.29. The number of rotatable bonds is 3. The largest absolute Gasteiger partial charge is 0.338 e.